The van der Waals surface area contributed by atoms with Crippen molar-refractivity contribution in [3.63, 3.8) is 0 Å². The molecule has 4 heteroatoms. The summed E-state index contributed by atoms with van der Waals surface area (Å²) in [6, 6.07) is 0. The lowest BCUT2D eigenvalue weighted by Gasteiger charge is -2.21. The van der Waals surface area contributed by atoms with Crippen LogP contribution in [0.5, 0.6) is 0 Å². The summed E-state index contributed by atoms with van der Waals surface area (Å²) >= 11 is 0. The number of aliphatic hydroxyl groups excluding tert-OH is 1. The first-order chi connectivity index (χ1) is 7.20. The van der Waals surface area contributed by atoms with Gasteiger partial charge in [-0.2, -0.15) is 0 Å². The Kier molecular flexibility index (Phi) is 2.60. The Morgan fingerprint density at radius 3 is 3.00 bits per heavy atom. The minimum absolute atomic E-state index is 0.0158. The van der Waals surface area contributed by atoms with Gasteiger partial charge in [-0.1, -0.05) is 18.2 Å². The van der Waals surface area contributed by atoms with Crippen LogP contribution in [0.1, 0.15) is 6.42 Å². The lowest BCUT2D eigenvalue weighted by molar-refractivity contribution is -0.136. The highest BCUT2D eigenvalue weighted by molar-refractivity contribution is 5.70. The van der Waals surface area contributed by atoms with Gasteiger partial charge in [0.1, 0.15) is 18.5 Å². The number of fused-ring (bicyclic) bond motifs is 1. The van der Waals surface area contributed by atoms with E-state index >= 15 is 0 Å². The van der Waals surface area contributed by atoms with Crippen LogP contribution in [0, 0.1) is 5.92 Å². The molecule has 1 heterocycles. The van der Waals surface area contributed by atoms with Crippen LogP contribution in [0.4, 0.5) is 0 Å². The topological polar surface area (TPSA) is 66.8 Å². The summed E-state index contributed by atoms with van der Waals surface area (Å²) in [5, 5.41) is 17.6. The van der Waals surface area contributed by atoms with Gasteiger partial charge in [0.2, 0.25) is 0 Å². The maximum Gasteiger partial charge on any atom is 0.307 e. The highest BCUT2D eigenvalue weighted by Crippen LogP contribution is 2.33. The summed E-state index contributed by atoms with van der Waals surface area (Å²) in [4.78, 5) is 10.6. The number of aliphatic carboxylic acids is 1. The summed E-state index contributed by atoms with van der Waals surface area (Å²) in [5.74, 6) is -0.282. The van der Waals surface area contributed by atoms with Crippen LogP contribution in [0.2, 0.25) is 0 Å². The van der Waals surface area contributed by atoms with E-state index in [0.717, 1.165) is 5.57 Å². The van der Waals surface area contributed by atoms with Crippen LogP contribution in [0.3, 0.4) is 0 Å². The first-order valence-electron chi connectivity index (χ1n) is 4.78. The van der Waals surface area contributed by atoms with E-state index in [1.165, 1.54) is 0 Å². The minimum atomic E-state index is -0.864. The molecule has 80 valence electrons. The average molecular weight is 208 g/mol. The van der Waals surface area contributed by atoms with E-state index in [1.807, 2.05) is 18.2 Å². The lowest BCUT2D eigenvalue weighted by Crippen LogP contribution is -2.22. The second kappa shape index (κ2) is 3.90. The normalized spacial score (nSPS) is 27.8. The number of hydrogen-bond acceptors (Lipinski definition) is 3. The van der Waals surface area contributed by atoms with Crippen molar-refractivity contribution in [3.8, 4) is 0 Å². The molecule has 2 atom stereocenters. The molecule has 0 aromatic heterocycles. The van der Waals surface area contributed by atoms with Gasteiger partial charge in [0, 0.05) is 5.92 Å². The van der Waals surface area contributed by atoms with Crippen LogP contribution in [-0.4, -0.2) is 28.9 Å². The summed E-state index contributed by atoms with van der Waals surface area (Å²) in [7, 11) is 0. The van der Waals surface area contributed by atoms with Gasteiger partial charge in [0.15, 0.2) is 0 Å². The van der Waals surface area contributed by atoms with E-state index in [0.29, 0.717) is 5.76 Å². The van der Waals surface area contributed by atoms with E-state index in [-0.39, 0.29) is 25.0 Å². The van der Waals surface area contributed by atoms with Crippen molar-refractivity contribution >= 4 is 5.97 Å². The van der Waals surface area contributed by atoms with Crippen molar-refractivity contribution in [2.45, 2.75) is 12.5 Å². The molecule has 1 aliphatic heterocycles. The molecular formula is C11H12O4. The maximum absolute atomic E-state index is 10.6. The Hall–Kier alpha value is -1.55. The number of rotatable bonds is 3. The van der Waals surface area contributed by atoms with Gasteiger partial charge >= 0.3 is 5.97 Å². The number of hydrogen-bond donors (Lipinski definition) is 2. The first-order valence-corrected chi connectivity index (χ1v) is 4.78. The van der Waals surface area contributed by atoms with Gasteiger partial charge in [-0.3, -0.25) is 4.79 Å². The van der Waals surface area contributed by atoms with E-state index < -0.39 is 5.97 Å². The second-order valence-corrected chi connectivity index (χ2v) is 3.60. The zero-order valence-corrected chi connectivity index (χ0v) is 8.09. The number of carboxylic acids is 1. The van der Waals surface area contributed by atoms with Crippen molar-refractivity contribution in [2.75, 3.05) is 6.61 Å². The number of carboxylic acid groups (broad SMARTS) is 1. The molecule has 0 aromatic carbocycles. The molecule has 0 spiro atoms. The van der Waals surface area contributed by atoms with Gasteiger partial charge in [-0.15, -0.1) is 0 Å². The number of allylic oxidation sites excluding steroid dienone is 2. The highest BCUT2D eigenvalue weighted by Gasteiger charge is 2.32. The first kappa shape index (κ1) is 9.98. The quantitative estimate of drug-likeness (QED) is 0.721. The monoisotopic (exact) mass is 208 g/mol. The molecule has 0 amide bonds. The fourth-order valence-corrected chi connectivity index (χ4v) is 1.89. The number of ether oxygens (including phenoxy) is 1. The van der Waals surface area contributed by atoms with Gasteiger partial charge in [-0.05, 0) is 11.6 Å². The van der Waals surface area contributed by atoms with Crippen molar-refractivity contribution in [1.29, 1.82) is 0 Å². The maximum atomic E-state index is 10.6. The van der Waals surface area contributed by atoms with Gasteiger partial charge < -0.3 is 14.9 Å². The molecule has 1 aliphatic carbocycles. The molecule has 2 aliphatic rings. The van der Waals surface area contributed by atoms with Crippen LogP contribution in [0.15, 0.2) is 35.6 Å². The van der Waals surface area contributed by atoms with Gasteiger partial charge in [0.05, 0.1) is 6.42 Å². The molecule has 2 rings (SSSR count). The summed E-state index contributed by atoms with van der Waals surface area (Å²) in [5.41, 5.74) is 0.745. The standard InChI is InChI=1S/C11H12O4/c12-6-9-4-7-2-1-3-8(5-10(13)14)11(7)15-9/h1-4,7,11-12H,5-6H2,(H,13,14). The molecule has 0 saturated heterocycles. The third kappa shape index (κ3) is 1.94. The summed E-state index contributed by atoms with van der Waals surface area (Å²) in [6.45, 7) is -0.138. The molecule has 2 unspecified atom stereocenters. The smallest absolute Gasteiger partial charge is 0.307 e. The Balaban J connectivity index is 2.14. The molecule has 4 nitrogen and oxygen atoms in total. The Labute approximate surface area is 87.2 Å². The van der Waals surface area contributed by atoms with Crippen LogP contribution in [0.25, 0.3) is 0 Å². The predicted octanol–water partition coefficient (Wildman–Crippen LogP) is 0.849. The Morgan fingerprint density at radius 2 is 2.33 bits per heavy atom. The molecule has 15 heavy (non-hydrogen) atoms. The van der Waals surface area contributed by atoms with E-state index in [1.54, 1.807) is 6.08 Å². The lowest BCUT2D eigenvalue weighted by atomic mass is 9.90. The molecule has 0 bridgehead atoms. The fraction of sp³-hybridized carbons (Fsp3) is 0.364. The Bertz CT molecular complexity index is 365. The SMILES string of the molecule is O=C(O)CC1=CC=CC2C=C(CO)OC12. The predicted molar refractivity (Wildman–Crippen MR) is 53.0 cm³/mol. The number of aliphatic hydroxyl groups is 1. The van der Waals surface area contributed by atoms with Crippen molar-refractivity contribution in [3.05, 3.63) is 35.6 Å². The molecular weight excluding hydrogens is 196 g/mol. The van der Waals surface area contributed by atoms with Gasteiger partial charge in [0.25, 0.3) is 0 Å². The van der Waals surface area contributed by atoms with Crippen molar-refractivity contribution in [2.24, 2.45) is 5.92 Å². The molecule has 0 aromatic rings. The largest absolute Gasteiger partial charge is 0.487 e. The van der Waals surface area contributed by atoms with E-state index in [2.05, 4.69) is 0 Å². The third-order valence-corrected chi connectivity index (χ3v) is 2.53. The highest BCUT2D eigenvalue weighted by atomic mass is 16.5. The van der Waals surface area contributed by atoms with Crippen molar-refractivity contribution in [1.82, 2.24) is 0 Å². The van der Waals surface area contributed by atoms with Crippen LogP contribution in [-0.2, 0) is 9.53 Å². The number of carbonyl (C=O) groups is 1. The zero-order chi connectivity index (χ0) is 10.8. The third-order valence-electron chi connectivity index (χ3n) is 2.53. The van der Waals surface area contributed by atoms with Gasteiger partial charge in [-0.25, -0.2) is 0 Å². The summed E-state index contributed by atoms with van der Waals surface area (Å²) in [6.07, 6.45) is 7.11. The molecule has 0 saturated carbocycles. The summed E-state index contributed by atoms with van der Waals surface area (Å²) < 4.78 is 5.46. The fourth-order valence-electron chi connectivity index (χ4n) is 1.89. The van der Waals surface area contributed by atoms with Crippen LogP contribution < -0.4 is 0 Å². The van der Waals surface area contributed by atoms with E-state index in [4.69, 9.17) is 14.9 Å². The Morgan fingerprint density at radius 1 is 1.53 bits per heavy atom. The molecule has 0 fully saturated rings. The minimum Gasteiger partial charge on any atom is -0.487 e. The van der Waals surface area contributed by atoms with Crippen molar-refractivity contribution < 1.29 is 19.7 Å². The van der Waals surface area contributed by atoms with E-state index in [9.17, 15) is 4.79 Å². The second-order valence-electron chi connectivity index (χ2n) is 3.60. The zero-order valence-electron chi connectivity index (χ0n) is 8.09. The molecule has 2 N–H and O–H groups in total. The molecule has 0 radical (unpaired) electrons. The average Bonchev–Trinajstić information content (AvgIpc) is 2.61. The van der Waals surface area contributed by atoms with Crippen LogP contribution >= 0.6 is 0 Å².